The first kappa shape index (κ1) is 26.7. The summed E-state index contributed by atoms with van der Waals surface area (Å²) in [6.07, 6.45) is -1.05. The Kier molecular flexibility index (Phi) is 8.54. The van der Waals surface area contributed by atoms with Crippen molar-refractivity contribution in [2.24, 2.45) is 0 Å². The van der Waals surface area contributed by atoms with Crippen LogP contribution in [0.3, 0.4) is 0 Å². The quantitative estimate of drug-likeness (QED) is 0.233. The Balaban J connectivity index is 2.12. The Morgan fingerprint density at radius 1 is 0.829 bits per heavy atom. The SMILES string of the molecule is CC(C)(C)[Si](C)(C)OC[C@H](CNC(=O)O)NC(c1ccccc1)(c1ccccc1)c1ccccc1. The summed E-state index contributed by atoms with van der Waals surface area (Å²) in [6.45, 7) is 11.7. The molecule has 186 valence electrons. The Morgan fingerprint density at radius 3 is 1.57 bits per heavy atom. The molecule has 1 atom stereocenters. The fourth-order valence-corrected chi connectivity index (χ4v) is 5.06. The van der Waals surface area contributed by atoms with Gasteiger partial charge in [-0.3, -0.25) is 5.32 Å². The van der Waals surface area contributed by atoms with Crippen LogP contribution in [0, 0.1) is 0 Å². The summed E-state index contributed by atoms with van der Waals surface area (Å²) in [5.41, 5.74) is 2.52. The van der Waals surface area contributed by atoms with Crippen LogP contribution in [0.15, 0.2) is 91.0 Å². The fourth-order valence-electron chi connectivity index (χ4n) is 4.01. The van der Waals surface area contributed by atoms with Gasteiger partial charge in [0.15, 0.2) is 8.32 Å². The van der Waals surface area contributed by atoms with Crippen LogP contribution < -0.4 is 10.6 Å². The molecule has 3 N–H and O–H groups in total. The van der Waals surface area contributed by atoms with Crippen LogP contribution in [0.5, 0.6) is 0 Å². The second kappa shape index (κ2) is 11.2. The molecule has 0 spiro atoms. The maximum absolute atomic E-state index is 11.5. The van der Waals surface area contributed by atoms with Gasteiger partial charge in [0.25, 0.3) is 0 Å². The second-order valence-electron chi connectivity index (χ2n) is 10.4. The first-order chi connectivity index (χ1) is 16.6. The Hall–Kier alpha value is -2.93. The lowest BCUT2D eigenvalue weighted by molar-refractivity contribution is 0.185. The summed E-state index contributed by atoms with van der Waals surface area (Å²) >= 11 is 0. The molecule has 1 amide bonds. The lowest BCUT2D eigenvalue weighted by Crippen LogP contribution is -2.56. The van der Waals surface area contributed by atoms with E-state index in [1.807, 2.05) is 54.6 Å². The van der Waals surface area contributed by atoms with Crippen LogP contribution in [0.2, 0.25) is 18.1 Å². The van der Waals surface area contributed by atoms with E-state index in [-0.39, 0.29) is 17.6 Å². The van der Waals surface area contributed by atoms with Crippen LogP contribution in [-0.2, 0) is 9.96 Å². The van der Waals surface area contributed by atoms with Crippen LogP contribution in [0.4, 0.5) is 4.79 Å². The zero-order chi connectivity index (χ0) is 25.5. The van der Waals surface area contributed by atoms with Gasteiger partial charge in [-0.15, -0.1) is 0 Å². The van der Waals surface area contributed by atoms with Crippen molar-refractivity contribution in [1.29, 1.82) is 0 Å². The molecule has 0 aliphatic rings. The van der Waals surface area contributed by atoms with Gasteiger partial charge in [0.1, 0.15) is 0 Å². The summed E-state index contributed by atoms with van der Waals surface area (Å²) in [4.78, 5) is 11.5. The molecule has 3 aromatic rings. The summed E-state index contributed by atoms with van der Waals surface area (Å²) < 4.78 is 6.59. The number of carboxylic acid groups (broad SMARTS) is 1. The predicted molar refractivity (Wildman–Crippen MR) is 145 cm³/mol. The monoisotopic (exact) mass is 490 g/mol. The molecule has 0 saturated carbocycles. The van der Waals surface area contributed by atoms with Crippen molar-refractivity contribution in [3.8, 4) is 0 Å². The lowest BCUT2D eigenvalue weighted by Gasteiger charge is -2.42. The highest BCUT2D eigenvalue weighted by Crippen LogP contribution is 2.39. The van der Waals surface area contributed by atoms with E-state index in [0.717, 1.165) is 16.7 Å². The molecule has 0 aliphatic heterocycles. The van der Waals surface area contributed by atoms with Gasteiger partial charge in [0.2, 0.25) is 0 Å². The first-order valence-electron chi connectivity index (χ1n) is 12.1. The predicted octanol–water partition coefficient (Wildman–Crippen LogP) is 6.23. The molecule has 5 nitrogen and oxygen atoms in total. The number of rotatable bonds is 10. The molecular formula is C29H38N2O3Si. The molecule has 35 heavy (non-hydrogen) atoms. The highest BCUT2D eigenvalue weighted by atomic mass is 28.4. The van der Waals surface area contributed by atoms with E-state index in [0.29, 0.717) is 6.61 Å². The van der Waals surface area contributed by atoms with Gasteiger partial charge >= 0.3 is 6.09 Å². The minimum Gasteiger partial charge on any atom is -0.465 e. The van der Waals surface area contributed by atoms with Crippen LogP contribution >= 0.6 is 0 Å². The summed E-state index contributed by atoms with van der Waals surface area (Å²) in [5.74, 6) is 0. The van der Waals surface area contributed by atoms with Gasteiger partial charge < -0.3 is 14.8 Å². The number of benzene rings is 3. The Bertz CT molecular complexity index is 971. The van der Waals surface area contributed by atoms with E-state index in [1.165, 1.54) is 0 Å². The lowest BCUT2D eigenvalue weighted by atomic mass is 9.76. The van der Waals surface area contributed by atoms with Crippen molar-refractivity contribution >= 4 is 14.4 Å². The average molecular weight is 491 g/mol. The molecule has 0 fully saturated rings. The zero-order valence-corrected chi connectivity index (χ0v) is 22.4. The van der Waals surface area contributed by atoms with Gasteiger partial charge in [-0.2, -0.15) is 0 Å². The van der Waals surface area contributed by atoms with Gasteiger partial charge in [0.05, 0.1) is 12.1 Å². The first-order valence-corrected chi connectivity index (χ1v) is 15.0. The Labute approximate surface area is 210 Å². The van der Waals surface area contributed by atoms with Crippen molar-refractivity contribution in [2.75, 3.05) is 13.2 Å². The molecule has 0 aliphatic carbocycles. The normalized spacial score (nSPS) is 13.3. The van der Waals surface area contributed by atoms with Crippen LogP contribution in [-0.4, -0.2) is 38.7 Å². The van der Waals surface area contributed by atoms with Crippen LogP contribution in [0.25, 0.3) is 0 Å². The topological polar surface area (TPSA) is 70.6 Å². The minimum atomic E-state index is -2.05. The highest BCUT2D eigenvalue weighted by molar-refractivity contribution is 6.74. The molecule has 0 unspecified atom stereocenters. The smallest absolute Gasteiger partial charge is 0.404 e. The standard InChI is InChI=1S/C29H38N2O3Si/c1-28(2,3)35(4,5)34-22-26(21-30-27(32)33)31-29(23-15-9-6-10-16-23,24-17-11-7-12-18-24)25-19-13-8-14-20-25/h6-20,26,30-31H,21-22H2,1-5H3,(H,32,33)/t26-/m0/s1. The highest BCUT2D eigenvalue weighted by Gasteiger charge is 2.41. The van der Waals surface area contributed by atoms with E-state index >= 15 is 0 Å². The second-order valence-corrected chi connectivity index (χ2v) is 15.3. The molecule has 6 heteroatoms. The third-order valence-electron chi connectivity index (χ3n) is 6.99. The zero-order valence-electron chi connectivity index (χ0n) is 21.4. The van der Waals surface area contributed by atoms with Crippen molar-refractivity contribution in [2.45, 2.75) is 50.5 Å². The molecule has 0 heterocycles. The molecule has 3 rings (SSSR count). The van der Waals surface area contributed by atoms with E-state index in [4.69, 9.17) is 4.43 Å². The number of nitrogens with one attached hydrogen (secondary N) is 2. The van der Waals surface area contributed by atoms with Crippen molar-refractivity contribution < 1.29 is 14.3 Å². The van der Waals surface area contributed by atoms with E-state index < -0.39 is 19.9 Å². The van der Waals surface area contributed by atoms with Crippen molar-refractivity contribution in [1.82, 2.24) is 10.6 Å². The van der Waals surface area contributed by atoms with Gasteiger partial charge in [0, 0.05) is 12.6 Å². The maximum atomic E-state index is 11.5. The fraction of sp³-hybridized carbons (Fsp3) is 0.345. The molecule has 0 saturated heterocycles. The minimum absolute atomic E-state index is 0.0488. The maximum Gasteiger partial charge on any atom is 0.404 e. The molecule has 0 aromatic heterocycles. The summed E-state index contributed by atoms with van der Waals surface area (Å²) in [7, 11) is -2.05. The third kappa shape index (κ3) is 6.39. The Morgan fingerprint density at radius 2 is 1.23 bits per heavy atom. The molecule has 0 radical (unpaired) electrons. The van der Waals surface area contributed by atoms with E-state index in [1.54, 1.807) is 0 Å². The number of hydrogen-bond donors (Lipinski definition) is 3. The molecule has 0 bridgehead atoms. The van der Waals surface area contributed by atoms with E-state index in [2.05, 4.69) is 80.9 Å². The largest absolute Gasteiger partial charge is 0.465 e. The van der Waals surface area contributed by atoms with Gasteiger partial charge in [-0.25, -0.2) is 4.79 Å². The third-order valence-corrected chi connectivity index (χ3v) is 11.5. The number of hydrogen-bond acceptors (Lipinski definition) is 3. The van der Waals surface area contributed by atoms with Crippen molar-refractivity contribution in [3.05, 3.63) is 108 Å². The average Bonchev–Trinajstić information content (AvgIpc) is 2.84. The molecular weight excluding hydrogens is 452 g/mol. The van der Waals surface area contributed by atoms with E-state index in [9.17, 15) is 9.90 Å². The number of amides is 1. The number of carbonyl (C=O) groups is 1. The summed E-state index contributed by atoms with van der Waals surface area (Å²) in [5, 5.41) is 15.9. The van der Waals surface area contributed by atoms with Crippen LogP contribution in [0.1, 0.15) is 37.5 Å². The van der Waals surface area contributed by atoms with Gasteiger partial charge in [-0.1, -0.05) is 112 Å². The molecule has 3 aromatic carbocycles. The van der Waals surface area contributed by atoms with Gasteiger partial charge in [-0.05, 0) is 34.8 Å². The van der Waals surface area contributed by atoms with Crippen molar-refractivity contribution in [3.63, 3.8) is 0 Å². The summed E-state index contributed by atoms with van der Waals surface area (Å²) in [6, 6.07) is 30.7.